The monoisotopic (exact) mass is 415 g/mol. The van der Waals surface area contributed by atoms with Crippen LogP contribution in [0, 0.1) is 12.8 Å². The van der Waals surface area contributed by atoms with Crippen molar-refractivity contribution >= 4 is 11.8 Å². The van der Waals surface area contributed by atoms with Gasteiger partial charge in [-0.15, -0.1) is 0 Å². The second-order valence-corrected chi connectivity index (χ2v) is 8.24. The number of aromatic nitrogens is 3. The number of hydrogen-bond acceptors (Lipinski definition) is 8. The summed E-state index contributed by atoms with van der Waals surface area (Å²) in [6.45, 7) is 3.28. The van der Waals surface area contributed by atoms with Crippen LogP contribution in [0.1, 0.15) is 31.4 Å². The third-order valence-corrected chi connectivity index (χ3v) is 6.07. The van der Waals surface area contributed by atoms with E-state index in [-0.39, 0.29) is 12.2 Å². The van der Waals surface area contributed by atoms with Crippen LogP contribution in [0.3, 0.4) is 0 Å². The summed E-state index contributed by atoms with van der Waals surface area (Å²) >= 11 is 0. The zero-order valence-corrected chi connectivity index (χ0v) is 17.1. The minimum absolute atomic E-state index is 0.218. The lowest BCUT2D eigenvalue weighted by molar-refractivity contribution is 0.00446. The molecule has 0 bridgehead atoms. The zero-order valence-electron chi connectivity index (χ0n) is 17.1. The van der Waals surface area contributed by atoms with Crippen molar-refractivity contribution in [3.8, 4) is 11.3 Å². The molecule has 0 aromatic carbocycles. The maximum atomic E-state index is 13.1. The minimum Gasteiger partial charge on any atom is -0.396 e. The highest BCUT2D eigenvalue weighted by molar-refractivity contribution is 5.73. The second-order valence-electron chi connectivity index (χ2n) is 8.24. The molecular weight excluding hydrogens is 386 g/mol. The largest absolute Gasteiger partial charge is 0.396 e. The normalized spacial score (nSPS) is 26.7. The van der Waals surface area contributed by atoms with E-state index in [0.29, 0.717) is 29.4 Å². The van der Waals surface area contributed by atoms with Gasteiger partial charge in [0.15, 0.2) is 0 Å². The predicted octanol–water partition coefficient (Wildman–Crippen LogP) is 0.645. The predicted molar refractivity (Wildman–Crippen MR) is 114 cm³/mol. The molecule has 1 saturated heterocycles. The summed E-state index contributed by atoms with van der Waals surface area (Å²) in [5.41, 5.74) is 1.25. The molecule has 2 aliphatic rings. The van der Waals surface area contributed by atoms with E-state index in [1.54, 1.807) is 6.07 Å². The molecule has 1 aliphatic carbocycles. The molecule has 2 aromatic heterocycles. The number of piperidine rings is 1. The molecule has 30 heavy (non-hydrogen) atoms. The molecule has 162 valence electrons. The quantitative estimate of drug-likeness (QED) is 0.480. The number of nitrogens with zero attached hydrogens (tertiary/aromatic N) is 3. The van der Waals surface area contributed by atoms with Crippen molar-refractivity contribution in [1.29, 1.82) is 0 Å². The van der Waals surface area contributed by atoms with E-state index in [1.807, 2.05) is 19.1 Å². The van der Waals surface area contributed by atoms with E-state index >= 15 is 0 Å². The Morgan fingerprint density at radius 1 is 1.17 bits per heavy atom. The summed E-state index contributed by atoms with van der Waals surface area (Å²) < 4.78 is 0. The Morgan fingerprint density at radius 3 is 2.60 bits per heavy atom. The molecule has 1 aliphatic heterocycles. The number of aliphatic hydroxyl groups is 3. The standard InChI is InChI=1S/C21H29N5O4/c1-12-6-5-7-14(22-12)16-19(23-15-10-13(11-27)17(28)18(15)29)24-21(25-20(16)30)26-8-3-2-4-9-26/h5-7,13,15,17-18,27-29H,2-4,8-11H2,1H3,(H2,23,24,25,30). The molecule has 5 N–H and O–H groups in total. The van der Waals surface area contributed by atoms with Crippen molar-refractivity contribution in [1.82, 2.24) is 15.0 Å². The number of aromatic amines is 1. The highest BCUT2D eigenvalue weighted by Gasteiger charge is 2.41. The van der Waals surface area contributed by atoms with Crippen LogP contribution >= 0.6 is 0 Å². The van der Waals surface area contributed by atoms with Gasteiger partial charge in [0, 0.05) is 31.3 Å². The Bertz CT molecular complexity index is 943. The van der Waals surface area contributed by atoms with Gasteiger partial charge in [-0.25, -0.2) is 0 Å². The fourth-order valence-electron chi connectivity index (χ4n) is 4.37. The molecule has 1 saturated carbocycles. The molecule has 0 spiro atoms. The molecule has 9 nitrogen and oxygen atoms in total. The highest BCUT2D eigenvalue weighted by Crippen LogP contribution is 2.31. The molecule has 3 heterocycles. The fourth-order valence-corrected chi connectivity index (χ4v) is 4.37. The van der Waals surface area contributed by atoms with E-state index < -0.39 is 24.2 Å². The minimum atomic E-state index is -1.07. The average Bonchev–Trinajstić information content (AvgIpc) is 3.02. The van der Waals surface area contributed by atoms with Crippen LogP contribution in [0.25, 0.3) is 11.3 Å². The van der Waals surface area contributed by atoms with E-state index in [1.165, 1.54) is 0 Å². The van der Waals surface area contributed by atoms with Crippen LogP contribution in [0.15, 0.2) is 23.0 Å². The lowest BCUT2D eigenvalue weighted by Gasteiger charge is -2.28. The van der Waals surface area contributed by atoms with Gasteiger partial charge in [0.25, 0.3) is 5.56 Å². The number of aliphatic hydroxyl groups excluding tert-OH is 3. The third-order valence-electron chi connectivity index (χ3n) is 6.07. The molecule has 2 aromatic rings. The van der Waals surface area contributed by atoms with Crippen molar-refractivity contribution in [3.05, 3.63) is 34.2 Å². The lowest BCUT2D eigenvalue weighted by atomic mass is 10.1. The Kier molecular flexibility index (Phi) is 6.03. The summed E-state index contributed by atoms with van der Waals surface area (Å²) in [6.07, 6.45) is 1.51. The summed E-state index contributed by atoms with van der Waals surface area (Å²) in [4.78, 5) is 27.2. The first kappa shape index (κ1) is 20.8. The number of anilines is 2. The maximum absolute atomic E-state index is 13.1. The Balaban J connectivity index is 1.75. The molecule has 4 atom stereocenters. The van der Waals surface area contributed by atoms with Crippen molar-refractivity contribution in [2.24, 2.45) is 5.92 Å². The van der Waals surface area contributed by atoms with Gasteiger partial charge in [-0.2, -0.15) is 4.98 Å². The molecular formula is C21H29N5O4. The van der Waals surface area contributed by atoms with Gasteiger partial charge in [0.1, 0.15) is 17.5 Å². The van der Waals surface area contributed by atoms with Crippen molar-refractivity contribution < 1.29 is 15.3 Å². The smallest absolute Gasteiger partial charge is 0.263 e. The first-order chi connectivity index (χ1) is 14.5. The van der Waals surface area contributed by atoms with Crippen molar-refractivity contribution in [2.75, 3.05) is 29.9 Å². The first-order valence-corrected chi connectivity index (χ1v) is 10.5. The van der Waals surface area contributed by atoms with E-state index in [2.05, 4.69) is 20.2 Å². The van der Waals surface area contributed by atoms with Gasteiger partial charge < -0.3 is 25.5 Å². The Labute approximate surface area is 174 Å². The number of pyridine rings is 1. The van der Waals surface area contributed by atoms with Crippen molar-refractivity contribution in [2.45, 2.75) is 50.9 Å². The second kappa shape index (κ2) is 8.71. The number of nitrogens with one attached hydrogen (secondary N) is 2. The van der Waals surface area contributed by atoms with Crippen LogP contribution in [0.4, 0.5) is 11.8 Å². The molecule has 4 unspecified atom stereocenters. The zero-order chi connectivity index (χ0) is 21.3. The van der Waals surface area contributed by atoms with Gasteiger partial charge in [-0.1, -0.05) is 6.07 Å². The van der Waals surface area contributed by atoms with Gasteiger partial charge >= 0.3 is 0 Å². The molecule has 9 heteroatoms. The third kappa shape index (κ3) is 4.05. The van der Waals surface area contributed by atoms with E-state index in [0.717, 1.165) is 38.0 Å². The summed E-state index contributed by atoms with van der Waals surface area (Å²) in [5.74, 6) is 0.388. The molecule has 0 radical (unpaired) electrons. The number of H-pyrrole nitrogens is 1. The van der Waals surface area contributed by atoms with E-state index in [4.69, 9.17) is 4.98 Å². The van der Waals surface area contributed by atoms with Crippen LogP contribution in [0.5, 0.6) is 0 Å². The van der Waals surface area contributed by atoms with E-state index in [9.17, 15) is 20.1 Å². The summed E-state index contributed by atoms with van der Waals surface area (Å²) in [6, 6.07) is 4.89. The summed E-state index contributed by atoms with van der Waals surface area (Å²) in [7, 11) is 0. The van der Waals surface area contributed by atoms with Gasteiger partial charge in [-0.05, 0) is 44.7 Å². The van der Waals surface area contributed by atoms with Crippen LogP contribution in [0.2, 0.25) is 0 Å². The summed E-state index contributed by atoms with van der Waals surface area (Å²) in [5, 5.41) is 33.3. The van der Waals surface area contributed by atoms with Crippen LogP contribution in [-0.4, -0.2) is 68.2 Å². The Morgan fingerprint density at radius 2 is 1.93 bits per heavy atom. The maximum Gasteiger partial charge on any atom is 0.263 e. The van der Waals surface area contributed by atoms with Gasteiger partial charge in [0.2, 0.25) is 5.95 Å². The molecule has 4 rings (SSSR count). The first-order valence-electron chi connectivity index (χ1n) is 10.5. The number of rotatable bonds is 5. The molecule has 2 fully saturated rings. The number of aryl methyl sites for hydroxylation is 1. The van der Waals surface area contributed by atoms with Crippen LogP contribution in [-0.2, 0) is 0 Å². The van der Waals surface area contributed by atoms with Gasteiger partial charge in [-0.3, -0.25) is 14.8 Å². The van der Waals surface area contributed by atoms with Crippen molar-refractivity contribution in [3.63, 3.8) is 0 Å². The van der Waals surface area contributed by atoms with Crippen LogP contribution < -0.4 is 15.8 Å². The number of hydrogen-bond donors (Lipinski definition) is 5. The topological polar surface area (TPSA) is 135 Å². The van der Waals surface area contributed by atoms with Gasteiger partial charge in [0.05, 0.1) is 17.8 Å². The Hall–Kier alpha value is -2.49. The lowest BCUT2D eigenvalue weighted by Crippen LogP contribution is -2.37. The SMILES string of the molecule is Cc1cccc(-c2c(NC3CC(CO)C(O)C3O)nc(N3CCCCC3)[nH]c2=O)n1. The fraction of sp³-hybridized carbons (Fsp3) is 0.571. The average molecular weight is 415 g/mol. The molecule has 0 amide bonds. The highest BCUT2D eigenvalue weighted by atomic mass is 16.3.